The van der Waals surface area contributed by atoms with Crippen LogP contribution in [0.3, 0.4) is 0 Å². The quantitative estimate of drug-likeness (QED) is 0.749. The Bertz CT molecular complexity index is 850. The normalized spacial score (nSPS) is 13.6. The second-order valence-corrected chi connectivity index (χ2v) is 6.31. The van der Waals surface area contributed by atoms with Crippen LogP contribution in [0, 0.1) is 0 Å². The third-order valence-corrected chi connectivity index (χ3v) is 4.34. The first-order valence-corrected chi connectivity index (χ1v) is 8.27. The number of nitrogens with two attached hydrogens (primary N) is 1. The van der Waals surface area contributed by atoms with Crippen molar-refractivity contribution < 1.29 is 4.79 Å². The van der Waals surface area contributed by atoms with Crippen LogP contribution in [0.4, 0.5) is 5.69 Å². The fraction of sp³-hybridized carbons (Fsp3) is 0.250. The monoisotopic (exact) mass is 321 g/mol. The van der Waals surface area contributed by atoms with Crippen LogP contribution in [0.2, 0.25) is 0 Å². The maximum atomic E-state index is 12.7. The number of fused-ring (bicyclic) bond motifs is 1. The van der Waals surface area contributed by atoms with E-state index >= 15 is 0 Å². The number of benzene rings is 2. The van der Waals surface area contributed by atoms with Crippen molar-refractivity contribution in [3.8, 4) is 0 Å². The van der Waals surface area contributed by atoms with E-state index in [1.165, 1.54) is 5.39 Å². The molecule has 0 saturated carbocycles. The molecule has 0 aliphatic heterocycles. The summed E-state index contributed by atoms with van der Waals surface area (Å²) in [5, 5.41) is 4.12. The van der Waals surface area contributed by atoms with Gasteiger partial charge in [-0.15, -0.1) is 0 Å². The summed E-state index contributed by atoms with van der Waals surface area (Å²) in [6.07, 6.45) is 3.14. The zero-order valence-corrected chi connectivity index (χ0v) is 14.1. The summed E-state index contributed by atoms with van der Waals surface area (Å²) in [6.45, 7) is 4.84. The molecule has 1 unspecified atom stereocenters. The smallest absolute Gasteiger partial charge is 0.248 e. The average Bonchev–Trinajstić information content (AvgIpc) is 2.98. The molecular formula is C20H23N3O. The highest BCUT2D eigenvalue weighted by Crippen LogP contribution is 2.24. The van der Waals surface area contributed by atoms with Gasteiger partial charge < -0.3 is 15.6 Å². The third-order valence-electron chi connectivity index (χ3n) is 4.34. The Kier molecular flexibility index (Phi) is 4.40. The maximum absolute atomic E-state index is 12.7. The van der Waals surface area contributed by atoms with E-state index in [0.29, 0.717) is 0 Å². The van der Waals surface area contributed by atoms with Crippen molar-refractivity contribution in [2.45, 2.75) is 32.4 Å². The summed E-state index contributed by atoms with van der Waals surface area (Å²) in [7, 11) is 0. The van der Waals surface area contributed by atoms with Crippen LogP contribution >= 0.6 is 0 Å². The highest BCUT2D eigenvalue weighted by atomic mass is 16.2. The van der Waals surface area contributed by atoms with Gasteiger partial charge in [-0.05, 0) is 42.5 Å². The van der Waals surface area contributed by atoms with Crippen LogP contribution < -0.4 is 11.1 Å². The SMILES string of the molecule is CCCn1ccc2ccc(NC(=O)C(C)(N)c3ccccc3)cc21. The molecule has 2 aromatic carbocycles. The summed E-state index contributed by atoms with van der Waals surface area (Å²) in [5.41, 5.74) is 7.87. The number of rotatable bonds is 5. The van der Waals surface area contributed by atoms with Crippen LogP contribution in [0.1, 0.15) is 25.8 Å². The number of anilines is 1. The van der Waals surface area contributed by atoms with Crippen molar-refractivity contribution in [3.05, 3.63) is 66.4 Å². The van der Waals surface area contributed by atoms with Crippen LogP contribution in [-0.4, -0.2) is 10.5 Å². The van der Waals surface area contributed by atoms with Gasteiger partial charge in [0.1, 0.15) is 5.54 Å². The predicted molar refractivity (Wildman–Crippen MR) is 98.8 cm³/mol. The number of aryl methyl sites for hydroxylation is 1. The Morgan fingerprint density at radius 3 is 2.62 bits per heavy atom. The molecule has 4 heteroatoms. The molecular weight excluding hydrogens is 298 g/mol. The van der Waals surface area contributed by atoms with Gasteiger partial charge in [0.05, 0.1) is 5.52 Å². The molecule has 0 saturated heterocycles. The topological polar surface area (TPSA) is 60.0 Å². The van der Waals surface area contributed by atoms with Crippen molar-refractivity contribution in [1.29, 1.82) is 0 Å². The molecule has 24 heavy (non-hydrogen) atoms. The van der Waals surface area contributed by atoms with E-state index in [2.05, 4.69) is 29.1 Å². The first-order valence-electron chi connectivity index (χ1n) is 8.27. The highest BCUT2D eigenvalue weighted by molar-refractivity contribution is 5.99. The van der Waals surface area contributed by atoms with Crippen molar-refractivity contribution in [2.75, 3.05) is 5.32 Å². The number of aromatic nitrogens is 1. The van der Waals surface area contributed by atoms with Crippen molar-refractivity contribution in [3.63, 3.8) is 0 Å². The van der Waals surface area contributed by atoms with Gasteiger partial charge in [0.25, 0.3) is 0 Å². The third kappa shape index (κ3) is 3.05. The number of hydrogen-bond acceptors (Lipinski definition) is 2. The molecule has 1 atom stereocenters. The summed E-state index contributed by atoms with van der Waals surface area (Å²) >= 11 is 0. The fourth-order valence-electron chi connectivity index (χ4n) is 2.87. The van der Waals surface area contributed by atoms with Crippen LogP contribution in [-0.2, 0) is 16.9 Å². The van der Waals surface area contributed by atoms with Gasteiger partial charge in [-0.1, -0.05) is 43.3 Å². The lowest BCUT2D eigenvalue weighted by Gasteiger charge is -2.24. The van der Waals surface area contributed by atoms with Gasteiger partial charge in [-0.2, -0.15) is 0 Å². The summed E-state index contributed by atoms with van der Waals surface area (Å²) in [6, 6.07) is 17.5. The Balaban J connectivity index is 1.86. The fourth-order valence-corrected chi connectivity index (χ4v) is 2.87. The minimum atomic E-state index is -1.08. The van der Waals surface area contributed by atoms with Gasteiger partial charge in [0.15, 0.2) is 0 Å². The van der Waals surface area contributed by atoms with Crippen molar-refractivity contribution in [1.82, 2.24) is 4.57 Å². The molecule has 3 N–H and O–H groups in total. The molecule has 1 amide bonds. The van der Waals surface area contributed by atoms with E-state index in [9.17, 15) is 4.79 Å². The Morgan fingerprint density at radius 1 is 1.17 bits per heavy atom. The Morgan fingerprint density at radius 2 is 1.92 bits per heavy atom. The molecule has 1 heterocycles. The van der Waals surface area contributed by atoms with E-state index < -0.39 is 5.54 Å². The second kappa shape index (κ2) is 6.49. The number of amides is 1. The molecule has 124 valence electrons. The Hall–Kier alpha value is -2.59. The first kappa shape index (κ1) is 16.3. The molecule has 3 aromatic rings. The summed E-state index contributed by atoms with van der Waals surface area (Å²) in [4.78, 5) is 12.7. The van der Waals surface area contributed by atoms with E-state index in [4.69, 9.17) is 5.73 Å². The molecule has 0 aliphatic carbocycles. The van der Waals surface area contributed by atoms with Crippen molar-refractivity contribution >= 4 is 22.5 Å². The summed E-state index contributed by atoms with van der Waals surface area (Å²) in [5.74, 6) is -0.221. The average molecular weight is 321 g/mol. The minimum absolute atomic E-state index is 0.221. The molecule has 3 rings (SSSR count). The van der Waals surface area contributed by atoms with E-state index in [1.54, 1.807) is 6.92 Å². The highest BCUT2D eigenvalue weighted by Gasteiger charge is 2.30. The van der Waals surface area contributed by atoms with Gasteiger partial charge >= 0.3 is 0 Å². The standard InChI is InChI=1S/C20H23N3O/c1-3-12-23-13-11-15-9-10-17(14-18(15)23)22-19(24)20(2,21)16-7-5-4-6-8-16/h4-11,13-14H,3,12,21H2,1-2H3,(H,22,24). The molecule has 0 fully saturated rings. The molecule has 1 aromatic heterocycles. The molecule has 4 nitrogen and oxygen atoms in total. The number of nitrogens with zero attached hydrogens (tertiary/aromatic N) is 1. The van der Waals surface area contributed by atoms with E-state index in [1.807, 2.05) is 48.5 Å². The molecule has 0 spiro atoms. The number of carbonyl (C=O) groups is 1. The second-order valence-electron chi connectivity index (χ2n) is 6.31. The lowest BCUT2D eigenvalue weighted by Crippen LogP contribution is -2.45. The lowest BCUT2D eigenvalue weighted by molar-refractivity contribution is -0.120. The summed E-state index contributed by atoms with van der Waals surface area (Å²) < 4.78 is 2.20. The minimum Gasteiger partial charge on any atom is -0.347 e. The Labute approximate surface area is 142 Å². The van der Waals surface area contributed by atoms with Crippen molar-refractivity contribution in [2.24, 2.45) is 5.73 Å². The predicted octanol–water partition coefficient (Wildman–Crippen LogP) is 3.86. The molecule has 0 aliphatic rings. The molecule has 0 radical (unpaired) electrons. The maximum Gasteiger partial charge on any atom is 0.248 e. The van der Waals surface area contributed by atoms with E-state index in [0.717, 1.165) is 29.7 Å². The van der Waals surface area contributed by atoms with Crippen LogP contribution in [0.25, 0.3) is 10.9 Å². The zero-order valence-electron chi connectivity index (χ0n) is 14.1. The zero-order chi connectivity index (χ0) is 17.2. The number of carbonyl (C=O) groups excluding carboxylic acids is 1. The first-order chi connectivity index (χ1) is 11.5. The van der Waals surface area contributed by atoms with Gasteiger partial charge in [0, 0.05) is 18.4 Å². The lowest BCUT2D eigenvalue weighted by atomic mass is 9.92. The van der Waals surface area contributed by atoms with Crippen LogP contribution in [0.5, 0.6) is 0 Å². The largest absolute Gasteiger partial charge is 0.347 e. The van der Waals surface area contributed by atoms with Gasteiger partial charge in [-0.25, -0.2) is 0 Å². The van der Waals surface area contributed by atoms with Crippen LogP contribution in [0.15, 0.2) is 60.8 Å². The van der Waals surface area contributed by atoms with Gasteiger partial charge in [-0.3, -0.25) is 4.79 Å². The number of hydrogen-bond donors (Lipinski definition) is 2. The molecule has 0 bridgehead atoms. The van der Waals surface area contributed by atoms with E-state index in [-0.39, 0.29) is 5.91 Å². The van der Waals surface area contributed by atoms with Gasteiger partial charge in [0.2, 0.25) is 5.91 Å². The number of nitrogens with one attached hydrogen (secondary N) is 1.